The first-order valence-corrected chi connectivity index (χ1v) is 11.9. The van der Waals surface area contributed by atoms with Gasteiger partial charge in [-0.2, -0.15) is 0 Å². The van der Waals surface area contributed by atoms with E-state index in [2.05, 4.69) is 19.1 Å². The number of carbonyl (C=O) groups excluding carboxylic acids is 3. The molecule has 0 amide bonds. The number of rotatable bonds is 3. The number of fused-ring (bicyclic) bond motifs is 1. The number of epoxide rings is 1. The zero-order valence-corrected chi connectivity index (χ0v) is 20.1. The number of cyclic esters (lactones) is 2. The van der Waals surface area contributed by atoms with Gasteiger partial charge < -0.3 is 23.4 Å². The van der Waals surface area contributed by atoms with Crippen molar-refractivity contribution >= 4 is 17.7 Å². The van der Waals surface area contributed by atoms with Gasteiger partial charge in [-0.05, 0) is 39.7 Å². The van der Waals surface area contributed by atoms with Gasteiger partial charge in [0.25, 0.3) is 0 Å². The molecule has 8 heteroatoms. The second-order valence-electron chi connectivity index (χ2n) is 11.4. The SMILES string of the molecule is CC(=O)[C@]12C[C@H]([C@]3(C)C=CC[C@@]4(C)[C@H](c5ccoc5)OC(=O)[C@H]5O[C@@]534)OC1CC(=O)OC2(C)C. The van der Waals surface area contributed by atoms with Crippen LogP contribution in [-0.4, -0.2) is 47.2 Å². The van der Waals surface area contributed by atoms with Crippen molar-refractivity contribution in [3.63, 3.8) is 0 Å². The zero-order valence-electron chi connectivity index (χ0n) is 20.1. The second kappa shape index (κ2) is 6.40. The van der Waals surface area contributed by atoms with Crippen LogP contribution in [0.25, 0.3) is 0 Å². The third-order valence-electron chi connectivity index (χ3n) is 9.62. The summed E-state index contributed by atoms with van der Waals surface area (Å²) in [5, 5.41) is 0. The van der Waals surface area contributed by atoms with Crippen LogP contribution in [0.3, 0.4) is 0 Å². The van der Waals surface area contributed by atoms with Crippen molar-refractivity contribution in [2.24, 2.45) is 16.2 Å². The topological polar surface area (TPSA) is 105 Å². The molecule has 0 radical (unpaired) electrons. The molecule has 1 unspecified atom stereocenters. The Kier molecular flexibility index (Phi) is 4.15. The van der Waals surface area contributed by atoms with E-state index in [1.807, 2.05) is 13.0 Å². The lowest BCUT2D eigenvalue weighted by atomic mass is 9.50. The number of allylic oxidation sites excluding steroid dienone is 1. The quantitative estimate of drug-likeness (QED) is 0.376. The van der Waals surface area contributed by atoms with E-state index >= 15 is 0 Å². The van der Waals surface area contributed by atoms with Crippen LogP contribution >= 0.6 is 0 Å². The molecule has 1 aromatic rings. The number of hydrogen-bond donors (Lipinski definition) is 0. The Hall–Kier alpha value is -2.45. The summed E-state index contributed by atoms with van der Waals surface area (Å²) >= 11 is 0. The van der Waals surface area contributed by atoms with Gasteiger partial charge in [-0.15, -0.1) is 0 Å². The molecule has 34 heavy (non-hydrogen) atoms. The number of carbonyl (C=O) groups is 3. The summed E-state index contributed by atoms with van der Waals surface area (Å²) in [7, 11) is 0. The number of Topliss-reactive ketones (excluding diaryl/α,β-unsaturated/α-hetero) is 1. The Balaban J connectivity index is 1.46. The molecule has 5 heterocycles. The summed E-state index contributed by atoms with van der Waals surface area (Å²) in [6.45, 7) is 9.24. The number of ketones is 1. The summed E-state index contributed by atoms with van der Waals surface area (Å²) in [4.78, 5) is 38.6. The van der Waals surface area contributed by atoms with E-state index in [0.717, 1.165) is 5.56 Å². The van der Waals surface area contributed by atoms with Crippen LogP contribution in [-0.2, 0) is 33.3 Å². The molecule has 5 aliphatic rings. The van der Waals surface area contributed by atoms with E-state index in [1.165, 1.54) is 0 Å². The predicted molar refractivity (Wildman–Crippen MR) is 116 cm³/mol. The standard InChI is InChI=1S/C26H30O8/c1-14(27)25-12-17(31-16(25)11-18(28)33-22(25,2)3)23(4)8-6-9-24(5)19(15-7-10-30-13-15)32-21(29)20-26(23,24)34-20/h6-8,10,13,16-17,19-20H,9,11-12H2,1-5H3/t16?,17-,19+,20-,23+,24+,25-,26+/m1/s1. The van der Waals surface area contributed by atoms with Crippen molar-refractivity contribution in [3.05, 3.63) is 36.3 Å². The summed E-state index contributed by atoms with van der Waals surface area (Å²) in [6.07, 6.45) is 6.04. The molecule has 182 valence electrons. The van der Waals surface area contributed by atoms with Gasteiger partial charge in [-0.1, -0.05) is 26.0 Å². The minimum Gasteiger partial charge on any atom is -0.472 e. The van der Waals surface area contributed by atoms with Crippen molar-refractivity contribution in [3.8, 4) is 0 Å². The average Bonchev–Trinajstić information content (AvgIpc) is 3.11. The van der Waals surface area contributed by atoms with Crippen molar-refractivity contribution < 1.29 is 37.7 Å². The van der Waals surface area contributed by atoms with E-state index in [9.17, 15) is 14.4 Å². The fraction of sp³-hybridized carbons (Fsp3) is 0.654. The molecule has 4 fully saturated rings. The fourth-order valence-electron chi connectivity index (χ4n) is 7.82. The Morgan fingerprint density at radius 3 is 2.53 bits per heavy atom. The van der Waals surface area contributed by atoms with Gasteiger partial charge in [0.2, 0.25) is 0 Å². The number of ether oxygens (including phenoxy) is 4. The predicted octanol–water partition coefficient (Wildman–Crippen LogP) is 3.45. The van der Waals surface area contributed by atoms with Crippen LogP contribution in [0.2, 0.25) is 0 Å². The maximum absolute atomic E-state index is 13.1. The van der Waals surface area contributed by atoms with Gasteiger partial charge in [0.1, 0.15) is 23.1 Å². The van der Waals surface area contributed by atoms with Crippen LogP contribution < -0.4 is 0 Å². The maximum Gasteiger partial charge on any atom is 0.339 e. The smallest absolute Gasteiger partial charge is 0.339 e. The molecule has 1 spiro atoms. The second-order valence-corrected chi connectivity index (χ2v) is 11.4. The number of hydrogen-bond acceptors (Lipinski definition) is 8. The number of esters is 2. The van der Waals surface area contributed by atoms with Gasteiger partial charge >= 0.3 is 11.9 Å². The molecule has 1 aromatic heterocycles. The Morgan fingerprint density at radius 2 is 1.85 bits per heavy atom. The molecular formula is C26H30O8. The molecule has 0 bridgehead atoms. The highest BCUT2D eigenvalue weighted by atomic mass is 16.7. The van der Waals surface area contributed by atoms with E-state index in [0.29, 0.717) is 12.8 Å². The molecule has 0 saturated carbocycles. The highest BCUT2D eigenvalue weighted by Gasteiger charge is 2.85. The normalized spacial score (nSPS) is 48.3. The first-order chi connectivity index (χ1) is 15.9. The van der Waals surface area contributed by atoms with E-state index in [1.54, 1.807) is 33.3 Å². The lowest BCUT2D eigenvalue weighted by Gasteiger charge is -2.54. The van der Waals surface area contributed by atoms with Crippen molar-refractivity contribution in [1.82, 2.24) is 0 Å². The Bertz CT molecular complexity index is 1120. The Labute approximate surface area is 197 Å². The largest absolute Gasteiger partial charge is 0.472 e. The minimum atomic E-state index is -1.02. The summed E-state index contributed by atoms with van der Waals surface area (Å²) in [6, 6.07) is 1.81. The lowest BCUT2D eigenvalue weighted by molar-refractivity contribution is -0.201. The maximum atomic E-state index is 13.1. The lowest BCUT2D eigenvalue weighted by Crippen LogP contribution is -2.62. The van der Waals surface area contributed by atoms with Gasteiger partial charge in [0.15, 0.2) is 6.10 Å². The van der Waals surface area contributed by atoms with E-state index in [-0.39, 0.29) is 18.2 Å². The third kappa shape index (κ3) is 2.29. The average molecular weight is 471 g/mol. The van der Waals surface area contributed by atoms with Crippen LogP contribution in [0.1, 0.15) is 65.5 Å². The van der Waals surface area contributed by atoms with Crippen molar-refractivity contribution in [1.29, 1.82) is 0 Å². The molecule has 8 atom stereocenters. The van der Waals surface area contributed by atoms with Crippen LogP contribution in [0.4, 0.5) is 0 Å². The van der Waals surface area contributed by atoms with Crippen molar-refractivity contribution in [2.45, 2.75) is 89.5 Å². The molecule has 0 N–H and O–H groups in total. The fourth-order valence-corrected chi connectivity index (χ4v) is 7.82. The first-order valence-electron chi connectivity index (χ1n) is 11.9. The van der Waals surface area contributed by atoms with Gasteiger partial charge in [0.05, 0.1) is 36.6 Å². The van der Waals surface area contributed by atoms with E-state index in [4.69, 9.17) is 23.4 Å². The first kappa shape index (κ1) is 22.0. The van der Waals surface area contributed by atoms with Gasteiger partial charge in [-0.3, -0.25) is 9.59 Å². The molecule has 4 aliphatic heterocycles. The summed E-state index contributed by atoms with van der Waals surface area (Å²) in [5.74, 6) is -0.837. The van der Waals surface area contributed by atoms with Crippen LogP contribution in [0.15, 0.2) is 35.2 Å². The summed E-state index contributed by atoms with van der Waals surface area (Å²) in [5.41, 5.74) is -3.42. The molecule has 8 nitrogen and oxygen atoms in total. The van der Waals surface area contributed by atoms with E-state index < -0.39 is 57.8 Å². The highest BCUT2D eigenvalue weighted by Crippen LogP contribution is 2.74. The third-order valence-corrected chi connectivity index (χ3v) is 9.62. The van der Waals surface area contributed by atoms with Crippen LogP contribution in [0, 0.1) is 16.2 Å². The van der Waals surface area contributed by atoms with Gasteiger partial charge in [-0.25, -0.2) is 4.79 Å². The van der Waals surface area contributed by atoms with Gasteiger partial charge in [0, 0.05) is 16.4 Å². The number of furan rings is 1. The minimum absolute atomic E-state index is 0.0214. The zero-order chi connectivity index (χ0) is 24.3. The molecular weight excluding hydrogens is 440 g/mol. The molecule has 6 rings (SSSR count). The molecule has 0 aromatic carbocycles. The molecule has 1 aliphatic carbocycles. The Morgan fingerprint density at radius 1 is 1.09 bits per heavy atom. The monoisotopic (exact) mass is 470 g/mol. The highest BCUT2D eigenvalue weighted by molar-refractivity contribution is 5.88. The summed E-state index contributed by atoms with van der Waals surface area (Å²) < 4.78 is 29.8. The van der Waals surface area contributed by atoms with Crippen molar-refractivity contribution in [2.75, 3.05) is 0 Å². The molecule has 4 saturated heterocycles. The van der Waals surface area contributed by atoms with Crippen LogP contribution in [0.5, 0.6) is 0 Å².